The fourth-order valence-corrected chi connectivity index (χ4v) is 1.41. The average Bonchev–Trinajstić information content (AvgIpc) is 2.38. The Labute approximate surface area is 103 Å². The number of hydrogen-bond acceptors (Lipinski definition) is 5. The molecule has 1 rings (SSSR count). The maximum atomic E-state index is 13.5. The second kappa shape index (κ2) is 6.10. The molecule has 0 spiro atoms. The highest BCUT2D eigenvalue weighted by atomic mass is 19.1. The lowest BCUT2D eigenvalue weighted by Crippen LogP contribution is -2.29. The van der Waals surface area contributed by atoms with Crippen LogP contribution >= 0.6 is 0 Å². The number of nitrogens with zero attached hydrogens (tertiary/aromatic N) is 1. The number of esters is 1. The van der Waals surface area contributed by atoms with Crippen LogP contribution in [0.5, 0.6) is 0 Å². The molecule has 0 saturated carbocycles. The first-order chi connectivity index (χ1) is 8.51. The molecule has 2 N–H and O–H groups in total. The number of carbonyl (C=O) groups is 1. The number of methoxy groups -OCH3 is 1. The quantitative estimate of drug-likeness (QED) is 0.761. The molecule has 0 aliphatic heterocycles. The topological polar surface area (TPSA) is 90.6 Å². The largest absolute Gasteiger partial charge is 0.467 e. The van der Waals surface area contributed by atoms with E-state index in [-0.39, 0.29) is 17.5 Å². The molecule has 2 unspecified atom stereocenters. The number of benzene rings is 1. The molecule has 1 aromatic carbocycles. The van der Waals surface area contributed by atoms with Crippen LogP contribution in [0, 0.1) is 17.1 Å². The van der Waals surface area contributed by atoms with Gasteiger partial charge in [0.25, 0.3) is 0 Å². The van der Waals surface area contributed by atoms with Gasteiger partial charge in [0.05, 0.1) is 19.6 Å². The number of carbonyl (C=O) groups excluding carboxylic acids is 1. The summed E-state index contributed by atoms with van der Waals surface area (Å²) in [6.07, 6.45) is -3.46. The Bertz CT molecular complexity index is 483. The number of nitriles is 1. The molecule has 0 saturated heterocycles. The van der Waals surface area contributed by atoms with Crippen molar-refractivity contribution in [2.24, 2.45) is 0 Å². The summed E-state index contributed by atoms with van der Waals surface area (Å²) in [5.74, 6) is -1.69. The summed E-state index contributed by atoms with van der Waals surface area (Å²) < 4.78 is 17.7. The molecule has 0 fully saturated rings. The van der Waals surface area contributed by atoms with E-state index in [1.54, 1.807) is 6.07 Å². The Morgan fingerprint density at radius 3 is 2.72 bits per heavy atom. The summed E-state index contributed by atoms with van der Waals surface area (Å²) in [7, 11) is 1.06. The van der Waals surface area contributed by atoms with Gasteiger partial charge in [-0.05, 0) is 11.6 Å². The van der Waals surface area contributed by atoms with E-state index in [2.05, 4.69) is 4.74 Å². The molecule has 0 aliphatic carbocycles. The van der Waals surface area contributed by atoms with Crippen LogP contribution < -0.4 is 0 Å². The summed E-state index contributed by atoms with van der Waals surface area (Å²) in [5, 5.41) is 27.5. The summed E-state index contributed by atoms with van der Waals surface area (Å²) >= 11 is 0. The van der Waals surface area contributed by atoms with E-state index in [9.17, 15) is 19.4 Å². The molecule has 1 aromatic rings. The normalized spacial score (nSPS) is 13.5. The Hall–Kier alpha value is -1.97. The fraction of sp³-hybridized carbons (Fsp3) is 0.333. The molecule has 0 heterocycles. The van der Waals surface area contributed by atoms with Crippen LogP contribution in [-0.2, 0) is 16.0 Å². The average molecular weight is 253 g/mol. The highest BCUT2D eigenvalue weighted by molar-refractivity contribution is 5.75. The van der Waals surface area contributed by atoms with Crippen molar-refractivity contribution in [3.8, 4) is 6.07 Å². The highest BCUT2D eigenvalue weighted by Gasteiger charge is 2.26. The molecule has 6 heteroatoms. The molecule has 0 amide bonds. The second-order valence-electron chi connectivity index (χ2n) is 3.60. The van der Waals surface area contributed by atoms with Crippen LogP contribution in [0.1, 0.15) is 17.2 Å². The third-order valence-electron chi connectivity index (χ3n) is 2.43. The van der Waals surface area contributed by atoms with Crippen LogP contribution in [0.25, 0.3) is 0 Å². The van der Waals surface area contributed by atoms with Crippen molar-refractivity contribution in [1.29, 1.82) is 5.26 Å². The maximum Gasteiger partial charge on any atom is 0.337 e. The van der Waals surface area contributed by atoms with Gasteiger partial charge >= 0.3 is 5.97 Å². The van der Waals surface area contributed by atoms with Crippen molar-refractivity contribution < 1.29 is 24.1 Å². The number of aliphatic hydroxyl groups is 2. The van der Waals surface area contributed by atoms with Crippen molar-refractivity contribution in [2.75, 3.05) is 7.11 Å². The van der Waals surface area contributed by atoms with Gasteiger partial charge in [0.1, 0.15) is 11.9 Å². The van der Waals surface area contributed by atoms with E-state index < -0.39 is 24.0 Å². The first-order valence-corrected chi connectivity index (χ1v) is 5.10. The van der Waals surface area contributed by atoms with Gasteiger partial charge in [-0.15, -0.1) is 0 Å². The Morgan fingerprint density at radius 1 is 1.56 bits per heavy atom. The zero-order valence-corrected chi connectivity index (χ0v) is 9.63. The molecular weight excluding hydrogens is 241 g/mol. The summed E-state index contributed by atoms with van der Waals surface area (Å²) in [5.41, 5.74) is 0.216. The van der Waals surface area contributed by atoms with Crippen LogP contribution in [0.2, 0.25) is 0 Å². The Morgan fingerprint density at radius 2 is 2.22 bits per heavy atom. The standard InChI is InChI=1S/C12H12FNO4/c1-18-12(17)11(16)10(15)8-3-2-7(4-5-14)9(13)6-8/h2-3,6,10-11,15-16H,4H2,1H3. The van der Waals surface area contributed by atoms with E-state index in [0.29, 0.717) is 0 Å². The number of rotatable bonds is 4. The minimum absolute atomic E-state index is 0.0343. The van der Waals surface area contributed by atoms with Gasteiger partial charge in [-0.3, -0.25) is 0 Å². The lowest BCUT2D eigenvalue weighted by atomic mass is 10.0. The Balaban J connectivity index is 2.94. The number of halogens is 1. The van der Waals surface area contributed by atoms with Crippen molar-refractivity contribution in [3.05, 3.63) is 35.1 Å². The summed E-state index contributed by atoms with van der Waals surface area (Å²) in [6, 6.07) is 5.43. The predicted octanol–water partition coefficient (Wildman–Crippen LogP) is 0.459. The maximum absolute atomic E-state index is 13.5. The summed E-state index contributed by atoms with van der Waals surface area (Å²) in [4.78, 5) is 11.0. The van der Waals surface area contributed by atoms with Crippen LogP contribution in [-0.4, -0.2) is 29.4 Å². The zero-order chi connectivity index (χ0) is 13.7. The molecule has 5 nitrogen and oxygen atoms in total. The number of hydrogen-bond donors (Lipinski definition) is 2. The second-order valence-corrected chi connectivity index (χ2v) is 3.60. The molecule has 0 aromatic heterocycles. The van der Waals surface area contributed by atoms with Gasteiger partial charge in [-0.1, -0.05) is 12.1 Å². The van der Waals surface area contributed by atoms with E-state index in [4.69, 9.17) is 5.26 Å². The third-order valence-corrected chi connectivity index (χ3v) is 2.43. The number of aliphatic hydroxyl groups excluding tert-OH is 2. The van der Waals surface area contributed by atoms with E-state index in [0.717, 1.165) is 13.2 Å². The lowest BCUT2D eigenvalue weighted by molar-refractivity contribution is -0.156. The molecule has 0 aliphatic rings. The van der Waals surface area contributed by atoms with E-state index in [1.165, 1.54) is 12.1 Å². The van der Waals surface area contributed by atoms with Gasteiger partial charge in [-0.25, -0.2) is 9.18 Å². The number of ether oxygens (including phenoxy) is 1. The highest BCUT2D eigenvalue weighted by Crippen LogP contribution is 2.20. The molecule has 96 valence electrons. The van der Waals surface area contributed by atoms with Gasteiger partial charge in [0.2, 0.25) is 0 Å². The zero-order valence-electron chi connectivity index (χ0n) is 9.63. The van der Waals surface area contributed by atoms with Crippen molar-refractivity contribution in [3.63, 3.8) is 0 Å². The smallest absolute Gasteiger partial charge is 0.337 e. The monoisotopic (exact) mass is 253 g/mol. The first-order valence-electron chi connectivity index (χ1n) is 5.10. The molecule has 0 radical (unpaired) electrons. The molecule has 0 bridgehead atoms. The molecule has 2 atom stereocenters. The van der Waals surface area contributed by atoms with Crippen molar-refractivity contribution in [1.82, 2.24) is 0 Å². The fourth-order valence-electron chi connectivity index (χ4n) is 1.41. The predicted molar refractivity (Wildman–Crippen MR) is 58.7 cm³/mol. The minimum Gasteiger partial charge on any atom is -0.467 e. The first kappa shape index (κ1) is 14.1. The van der Waals surface area contributed by atoms with Crippen molar-refractivity contribution >= 4 is 5.97 Å². The van der Waals surface area contributed by atoms with Crippen LogP contribution in [0.3, 0.4) is 0 Å². The van der Waals surface area contributed by atoms with Crippen LogP contribution in [0.4, 0.5) is 4.39 Å². The van der Waals surface area contributed by atoms with Gasteiger partial charge in [0, 0.05) is 5.56 Å². The van der Waals surface area contributed by atoms with E-state index in [1.807, 2.05) is 0 Å². The molecular formula is C12H12FNO4. The van der Waals surface area contributed by atoms with Crippen molar-refractivity contribution in [2.45, 2.75) is 18.6 Å². The molecule has 18 heavy (non-hydrogen) atoms. The Kier molecular flexibility index (Phi) is 4.77. The van der Waals surface area contributed by atoms with Gasteiger partial charge in [-0.2, -0.15) is 5.26 Å². The lowest BCUT2D eigenvalue weighted by Gasteiger charge is -2.16. The van der Waals surface area contributed by atoms with E-state index >= 15 is 0 Å². The van der Waals surface area contributed by atoms with Gasteiger partial charge in [0.15, 0.2) is 6.10 Å². The van der Waals surface area contributed by atoms with Gasteiger partial charge < -0.3 is 14.9 Å². The minimum atomic E-state index is -1.78. The van der Waals surface area contributed by atoms with Crippen LogP contribution in [0.15, 0.2) is 18.2 Å². The summed E-state index contributed by atoms with van der Waals surface area (Å²) in [6.45, 7) is 0. The SMILES string of the molecule is COC(=O)C(O)C(O)c1ccc(CC#N)c(F)c1. The third kappa shape index (κ3) is 3.03.